The molecule has 1 fully saturated rings. The van der Waals surface area contributed by atoms with Crippen LogP contribution in [0.2, 0.25) is 5.02 Å². The molecule has 0 spiro atoms. The highest BCUT2D eigenvalue weighted by Gasteiger charge is 2.38. The van der Waals surface area contributed by atoms with Gasteiger partial charge in [0, 0.05) is 12.1 Å². The highest BCUT2D eigenvalue weighted by Crippen LogP contribution is 2.44. The van der Waals surface area contributed by atoms with Crippen LogP contribution in [0.5, 0.6) is 11.5 Å². The molecule has 2 atom stereocenters. The average Bonchev–Trinajstić information content (AvgIpc) is 2.81. The summed E-state index contributed by atoms with van der Waals surface area (Å²) in [5.74, 6) is 1.34. The zero-order valence-electron chi connectivity index (χ0n) is 10.1. The van der Waals surface area contributed by atoms with Crippen molar-refractivity contribution in [1.82, 2.24) is 0 Å². The number of benzene rings is 1. The summed E-state index contributed by atoms with van der Waals surface area (Å²) in [6.45, 7) is 0.611. The van der Waals surface area contributed by atoms with Gasteiger partial charge in [-0.1, -0.05) is 11.6 Å². The number of hydrogen-bond acceptors (Lipinski definition) is 4. The third-order valence-electron chi connectivity index (χ3n) is 3.65. The summed E-state index contributed by atoms with van der Waals surface area (Å²) in [5.41, 5.74) is 0.905. The van der Waals surface area contributed by atoms with E-state index in [1.807, 2.05) is 6.07 Å². The standard InChI is InChI=1S/C13H14ClNO3/c1-17-12-5-11-13(4-10(12)14)18-7-9-3-2-8(6-16)15(9)11/h4-6,8-9H,2-3,7H2,1H3. The van der Waals surface area contributed by atoms with Gasteiger partial charge >= 0.3 is 0 Å². The van der Waals surface area contributed by atoms with Gasteiger partial charge in [0.1, 0.15) is 24.4 Å². The van der Waals surface area contributed by atoms with Crippen molar-refractivity contribution in [2.45, 2.75) is 24.9 Å². The van der Waals surface area contributed by atoms with E-state index in [-0.39, 0.29) is 12.1 Å². The smallest absolute Gasteiger partial charge is 0.144 e. The van der Waals surface area contributed by atoms with Gasteiger partial charge in [-0.15, -0.1) is 0 Å². The molecule has 96 valence electrons. The Morgan fingerprint density at radius 1 is 1.50 bits per heavy atom. The molecule has 2 aliphatic heterocycles. The minimum atomic E-state index is -0.0662. The van der Waals surface area contributed by atoms with Crippen molar-refractivity contribution in [3.8, 4) is 11.5 Å². The van der Waals surface area contributed by atoms with E-state index >= 15 is 0 Å². The molecule has 3 rings (SSSR count). The molecule has 18 heavy (non-hydrogen) atoms. The summed E-state index contributed by atoms with van der Waals surface area (Å²) < 4.78 is 10.9. The van der Waals surface area contributed by atoms with Crippen LogP contribution < -0.4 is 14.4 Å². The number of rotatable bonds is 2. The molecule has 2 aliphatic rings. The molecular formula is C13H14ClNO3. The minimum absolute atomic E-state index is 0.0662. The molecule has 1 saturated heterocycles. The Morgan fingerprint density at radius 2 is 2.33 bits per heavy atom. The highest BCUT2D eigenvalue weighted by molar-refractivity contribution is 6.32. The molecule has 2 heterocycles. The lowest BCUT2D eigenvalue weighted by atomic mass is 10.1. The van der Waals surface area contributed by atoms with Crippen LogP contribution in [0.25, 0.3) is 0 Å². The van der Waals surface area contributed by atoms with Crippen LogP contribution >= 0.6 is 11.6 Å². The van der Waals surface area contributed by atoms with Crippen molar-refractivity contribution >= 4 is 23.6 Å². The summed E-state index contributed by atoms with van der Waals surface area (Å²) >= 11 is 6.08. The molecule has 0 N–H and O–H groups in total. The van der Waals surface area contributed by atoms with Gasteiger partial charge in [-0.2, -0.15) is 0 Å². The zero-order chi connectivity index (χ0) is 12.7. The number of hydrogen-bond donors (Lipinski definition) is 0. The van der Waals surface area contributed by atoms with Gasteiger partial charge in [-0.25, -0.2) is 0 Å². The molecule has 0 amide bonds. The lowest BCUT2D eigenvalue weighted by molar-refractivity contribution is -0.108. The van der Waals surface area contributed by atoms with Crippen LogP contribution in [0.3, 0.4) is 0 Å². The topological polar surface area (TPSA) is 38.8 Å². The van der Waals surface area contributed by atoms with Gasteiger partial charge in [0.25, 0.3) is 0 Å². The molecule has 0 aromatic heterocycles. The van der Waals surface area contributed by atoms with Crippen LogP contribution in [0.4, 0.5) is 5.69 Å². The Balaban J connectivity index is 2.08. The number of carbonyl (C=O) groups excluding carboxylic acids is 1. The fraction of sp³-hybridized carbons (Fsp3) is 0.462. The van der Waals surface area contributed by atoms with Gasteiger partial charge in [0.2, 0.25) is 0 Å². The first-order chi connectivity index (χ1) is 8.74. The third-order valence-corrected chi connectivity index (χ3v) is 3.94. The molecule has 1 aromatic rings. The number of halogens is 1. The number of aldehydes is 1. The van der Waals surface area contributed by atoms with Crippen LogP contribution in [-0.2, 0) is 4.79 Å². The highest BCUT2D eigenvalue weighted by atomic mass is 35.5. The number of nitrogens with zero attached hydrogens (tertiary/aromatic N) is 1. The maximum absolute atomic E-state index is 11.2. The van der Waals surface area contributed by atoms with E-state index in [4.69, 9.17) is 21.1 Å². The van der Waals surface area contributed by atoms with E-state index in [1.54, 1.807) is 13.2 Å². The van der Waals surface area contributed by atoms with E-state index in [2.05, 4.69) is 4.90 Å². The number of fused-ring (bicyclic) bond motifs is 3. The van der Waals surface area contributed by atoms with Gasteiger partial charge in [-0.3, -0.25) is 0 Å². The Labute approximate surface area is 110 Å². The quantitative estimate of drug-likeness (QED) is 0.771. The molecule has 5 heteroatoms. The third kappa shape index (κ3) is 1.63. The molecular weight excluding hydrogens is 254 g/mol. The van der Waals surface area contributed by atoms with E-state index in [0.717, 1.165) is 30.6 Å². The van der Waals surface area contributed by atoms with Crippen LogP contribution in [-0.4, -0.2) is 32.1 Å². The van der Waals surface area contributed by atoms with Crippen molar-refractivity contribution in [1.29, 1.82) is 0 Å². The Bertz CT molecular complexity index is 491. The SMILES string of the molecule is COc1cc2c(cc1Cl)OCC1CCC(C=O)N21. The van der Waals surface area contributed by atoms with Crippen LogP contribution in [0, 0.1) is 0 Å². The second-order valence-electron chi connectivity index (χ2n) is 4.61. The molecule has 1 aromatic carbocycles. The Morgan fingerprint density at radius 3 is 3.06 bits per heavy atom. The summed E-state index contributed by atoms with van der Waals surface area (Å²) in [5, 5.41) is 0.525. The van der Waals surface area contributed by atoms with Gasteiger partial charge in [-0.05, 0) is 12.8 Å². The predicted octanol–water partition coefficient (Wildman–Crippen LogP) is 2.28. The molecule has 0 bridgehead atoms. The maximum atomic E-state index is 11.2. The van der Waals surface area contributed by atoms with Crippen molar-refractivity contribution in [2.24, 2.45) is 0 Å². The molecule has 2 unspecified atom stereocenters. The monoisotopic (exact) mass is 267 g/mol. The predicted molar refractivity (Wildman–Crippen MR) is 68.9 cm³/mol. The Hall–Kier alpha value is -1.42. The lowest BCUT2D eigenvalue weighted by Crippen LogP contribution is -2.43. The minimum Gasteiger partial charge on any atom is -0.495 e. The lowest BCUT2D eigenvalue weighted by Gasteiger charge is -2.36. The number of anilines is 1. The van der Waals surface area contributed by atoms with E-state index in [9.17, 15) is 4.79 Å². The van der Waals surface area contributed by atoms with Crippen molar-refractivity contribution in [3.05, 3.63) is 17.2 Å². The fourth-order valence-corrected chi connectivity index (χ4v) is 3.00. The number of carbonyl (C=O) groups is 1. The molecule has 0 radical (unpaired) electrons. The van der Waals surface area contributed by atoms with E-state index < -0.39 is 0 Å². The van der Waals surface area contributed by atoms with Gasteiger partial charge in [0.15, 0.2) is 0 Å². The number of methoxy groups -OCH3 is 1. The van der Waals surface area contributed by atoms with Gasteiger partial charge < -0.3 is 19.2 Å². The van der Waals surface area contributed by atoms with Crippen molar-refractivity contribution in [2.75, 3.05) is 18.6 Å². The van der Waals surface area contributed by atoms with Crippen LogP contribution in [0.15, 0.2) is 12.1 Å². The summed E-state index contributed by atoms with van der Waals surface area (Å²) in [4.78, 5) is 13.3. The summed E-state index contributed by atoms with van der Waals surface area (Å²) in [6, 6.07) is 3.82. The molecule has 0 aliphatic carbocycles. The second kappa shape index (κ2) is 4.35. The zero-order valence-corrected chi connectivity index (χ0v) is 10.8. The average molecular weight is 268 g/mol. The van der Waals surface area contributed by atoms with Gasteiger partial charge in [0.05, 0.1) is 29.9 Å². The molecule has 0 saturated carbocycles. The second-order valence-corrected chi connectivity index (χ2v) is 5.01. The summed E-state index contributed by atoms with van der Waals surface area (Å²) in [7, 11) is 1.58. The van der Waals surface area contributed by atoms with Crippen molar-refractivity contribution in [3.63, 3.8) is 0 Å². The first-order valence-corrected chi connectivity index (χ1v) is 6.36. The largest absolute Gasteiger partial charge is 0.495 e. The Kier molecular flexibility index (Phi) is 2.82. The fourth-order valence-electron chi connectivity index (χ4n) is 2.77. The first kappa shape index (κ1) is 11.7. The van der Waals surface area contributed by atoms with Crippen LogP contribution in [0.1, 0.15) is 12.8 Å². The van der Waals surface area contributed by atoms with E-state index in [0.29, 0.717) is 17.4 Å². The van der Waals surface area contributed by atoms with E-state index in [1.165, 1.54) is 0 Å². The summed E-state index contributed by atoms with van der Waals surface area (Å²) in [6.07, 6.45) is 2.87. The first-order valence-electron chi connectivity index (χ1n) is 5.98. The number of ether oxygens (including phenoxy) is 2. The molecule has 4 nitrogen and oxygen atoms in total. The normalized spacial score (nSPS) is 25.1. The van der Waals surface area contributed by atoms with Crippen molar-refractivity contribution < 1.29 is 14.3 Å². The maximum Gasteiger partial charge on any atom is 0.144 e.